The summed E-state index contributed by atoms with van der Waals surface area (Å²) >= 11 is 6.23. The molecule has 0 spiro atoms. The van der Waals surface area contributed by atoms with Crippen LogP contribution in [0.4, 0.5) is 18.9 Å². The number of hydrogen-bond donors (Lipinski definition) is 2. The minimum Gasteiger partial charge on any atom is -0.392 e. The number of sulfone groups is 1. The molecule has 5 rings (SSSR count). The maximum absolute atomic E-state index is 13.5. The third kappa shape index (κ3) is 4.36. The maximum Gasteiger partial charge on any atom is 0.255 e. The van der Waals surface area contributed by atoms with Crippen molar-refractivity contribution in [1.82, 2.24) is 0 Å². The summed E-state index contributed by atoms with van der Waals surface area (Å²) in [6.45, 7) is 5.92. The van der Waals surface area contributed by atoms with Crippen molar-refractivity contribution in [2.45, 2.75) is 56.3 Å². The summed E-state index contributed by atoms with van der Waals surface area (Å²) in [5, 5.41) is 12.3. The number of anilines is 1. The highest BCUT2D eigenvalue weighted by molar-refractivity contribution is 7.92. The van der Waals surface area contributed by atoms with Gasteiger partial charge in [0.25, 0.3) is 5.91 Å². The Labute approximate surface area is 207 Å². The lowest BCUT2D eigenvalue weighted by molar-refractivity contribution is -0.169. The van der Waals surface area contributed by atoms with E-state index in [1.807, 2.05) is 20.8 Å². The van der Waals surface area contributed by atoms with E-state index in [2.05, 4.69) is 5.32 Å². The van der Waals surface area contributed by atoms with Gasteiger partial charge in [0, 0.05) is 23.4 Å². The van der Waals surface area contributed by atoms with E-state index in [0.717, 1.165) is 12.5 Å². The van der Waals surface area contributed by atoms with Gasteiger partial charge in [0.2, 0.25) is 0 Å². The van der Waals surface area contributed by atoms with Crippen LogP contribution in [0.5, 0.6) is 0 Å². The van der Waals surface area contributed by atoms with Gasteiger partial charge in [-0.1, -0.05) is 32.4 Å². The minimum absolute atomic E-state index is 0.0374. The van der Waals surface area contributed by atoms with Crippen LogP contribution in [0.25, 0.3) is 0 Å². The van der Waals surface area contributed by atoms with Crippen molar-refractivity contribution in [2.24, 2.45) is 23.2 Å². The van der Waals surface area contributed by atoms with E-state index in [-0.39, 0.29) is 44.3 Å². The average Bonchev–Trinajstić information content (AvgIpc) is 2.81. The fourth-order valence-corrected chi connectivity index (χ4v) is 8.18. The second-order valence-electron chi connectivity index (χ2n) is 10.2. The molecule has 190 valence electrons. The molecule has 0 aromatic heterocycles. The van der Waals surface area contributed by atoms with Gasteiger partial charge in [-0.3, -0.25) is 4.79 Å². The Morgan fingerprint density at radius 2 is 1.66 bits per heavy atom. The predicted octanol–water partition coefficient (Wildman–Crippen LogP) is 5.61. The number of fused-ring (bicyclic) bond motifs is 2. The van der Waals surface area contributed by atoms with Crippen molar-refractivity contribution < 1.29 is 31.5 Å². The number of halogens is 4. The van der Waals surface area contributed by atoms with E-state index >= 15 is 0 Å². The summed E-state index contributed by atoms with van der Waals surface area (Å²) in [6, 6.07) is 4.97. The van der Waals surface area contributed by atoms with Crippen LogP contribution in [0.3, 0.4) is 0 Å². The van der Waals surface area contributed by atoms with E-state index in [0.29, 0.717) is 25.0 Å². The van der Waals surface area contributed by atoms with Gasteiger partial charge in [-0.15, -0.1) is 0 Å². The van der Waals surface area contributed by atoms with Gasteiger partial charge >= 0.3 is 0 Å². The number of benzene rings is 2. The molecule has 5 nitrogen and oxygen atoms in total. The lowest BCUT2D eigenvalue weighted by Crippen LogP contribution is -2.61. The molecule has 1 amide bonds. The summed E-state index contributed by atoms with van der Waals surface area (Å²) in [6.07, 6.45) is 1.12. The van der Waals surface area contributed by atoms with Gasteiger partial charge in [0.1, 0.15) is 0 Å². The second-order valence-corrected chi connectivity index (χ2v) is 12.8. The molecule has 3 fully saturated rings. The first kappa shape index (κ1) is 26.0. The van der Waals surface area contributed by atoms with Crippen LogP contribution in [-0.4, -0.2) is 30.8 Å². The molecule has 0 radical (unpaired) electrons. The Morgan fingerprint density at radius 1 is 1.09 bits per heavy atom. The SMILES string of the molecule is CC(C)C(O)C1(C)C2CC1CC(S(=O)(=O)c1cc(C(=O)Nc3cc(F)c(F)c(F)c3)ccc1Cl)C2. The fraction of sp³-hybridized carbons (Fsp3) is 0.480. The molecule has 2 N–H and O–H groups in total. The Kier molecular flexibility index (Phi) is 6.74. The van der Waals surface area contributed by atoms with Gasteiger partial charge < -0.3 is 10.4 Å². The highest BCUT2D eigenvalue weighted by Gasteiger charge is 2.61. The molecule has 3 aliphatic carbocycles. The molecule has 3 unspecified atom stereocenters. The molecule has 0 heterocycles. The van der Waals surface area contributed by atoms with Crippen molar-refractivity contribution in [1.29, 1.82) is 0 Å². The largest absolute Gasteiger partial charge is 0.392 e. The zero-order chi connectivity index (χ0) is 25.9. The third-order valence-corrected chi connectivity index (χ3v) is 10.5. The molecular formula is C25H27ClF3NO4S. The Morgan fingerprint density at radius 3 is 2.20 bits per heavy atom. The van der Waals surface area contributed by atoms with Crippen molar-refractivity contribution in [3.8, 4) is 0 Å². The summed E-state index contributed by atoms with van der Waals surface area (Å²) in [5.74, 6) is -5.24. The van der Waals surface area contributed by atoms with E-state index in [1.54, 1.807) is 0 Å². The lowest BCUT2D eigenvalue weighted by Gasteiger charge is -2.62. The van der Waals surface area contributed by atoms with Gasteiger partial charge in [0.05, 0.1) is 21.3 Å². The summed E-state index contributed by atoms with van der Waals surface area (Å²) in [4.78, 5) is 12.5. The maximum atomic E-state index is 13.5. The molecule has 3 saturated carbocycles. The number of nitrogens with one attached hydrogen (secondary N) is 1. The molecule has 0 saturated heterocycles. The summed E-state index contributed by atoms with van der Waals surface area (Å²) in [7, 11) is -3.90. The predicted molar refractivity (Wildman–Crippen MR) is 126 cm³/mol. The van der Waals surface area contributed by atoms with E-state index in [9.17, 15) is 31.5 Å². The number of rotatable bonds is 6. The summed E-state index contributed by atoms with van der Waals surface area (Å²) in [5.41, 5.74) is -0.730. The number of carbonyl (C=O) groups is 1. The van der Waals surface area contributed by atoms with Crippen molar-refractivity contribution in [3.05, 3.63) is 58.4 Å². The molecule has 2 bridgehead atoms. The molecule has 3 atom stereocenters. The topological polar surface area (TPSA) is 83.5 Å². The summed E-state index contributed by atoms with van der Waals surface area (Å²) < 4.78 is 67.2. The van der Waals surface area contributed by atoms with Crippen LogP contribution < -0.4 is 5.32 Å². The molecule has 10 heteroatoms. The van der Waals surface area contributed by atoms with Crippen molar-refractivity contribution in [2.75, 3.05) is 5.32 Å². The fourth-order valence-electron chi connectivity index (χ4n) is 5.78. The lowest BCUT2D eigenvalue weighted by atomic mass is 9.45. The Hall–Kier alpha value is -2.10. The van der Waals surface area contributed by atoms with Crippen LogP contribution in [0.2, 0.25) is 5.02 Å². The molecule has 3 aliphatic rings. The van der Waals surface area contributed by atoms with E-state index in [1.165, 1.54) is 12.1 Å². The second kappa shape index (κ2) is 9.09. The highest BCUT2D eigenvalue weighted by Crippen LogP contribution is 2.63. The Balaban J connectivity index is 1.57. The standard InChI is InChI=1S/C25H27ClF3NO4S/c1-12(2)23(31)25(3)14-7-15(25)9-17(8-14)35(33,34)21-6-13(4-5-18(21)26)24(32)30-16-10-19(27)22(29)20(28)11-16/h4-6,10-12,14-15,17,23,31H,7-9H2,1-3H3,(H,30,32). The van der Waals surface area contributed by atoms with Gasteiger partial charge in [-0.2, -0.15) is 0 Å². The van der Waals surface area contributed by atoms with Crippen LogP contribution in [0.15, 0.2) is 35.2 Å². The molecule has 2 aromatic carbocycles. The first-order chi connectivity index (χ1) is 16.3. The third-order valence-electron chi connectivity index (χ3n) is 7.87. The number of amides is 1. The number of hydrogen-bond acceptors (Lipinski definition) is 4. The number of aliphatic hydroxyl groups is 1. The minimum atomic E-state index is -3.90. The molecule has 0 aliphatic heterocycles. The van der Waals surface area contributed by atoms with Crippen LogP contribution in [-0.2, 0) is 9.84 Å². The average molecular weight is 530 g/mol. The van der Waals surface area contributed by atoms with Crippen molar-refractivity contribution in [3.63, 3.8) is 0 Å². The number of carbonyl (C=O) groups excluding carboxylic acids is 1. The van der Waals surface area contributed by atoms with Gasteiger partial charge in [-0.05, 0) is 60.6 Å². The normalized spacial score (nSPS) is 26.8. The van der Waals surface area contributed by atoms with Crippen LogP contribution in [0.1, 0.15) is 50.4 Å². The molecule has 35 heavy (non-hydrogen) atoms. The van der Waals surface area contributed by atoms with Crippen molar-refractivity contribution >= 4 is 33.0 Å². The Bertz CT molecular complexity index is 1250. The van der Waals surface area contributed by atoms with E-state index in [4.69, 9.17) is 11.6 Å². The zero-order valence-electron chi connectivity index (χ0n) is 19.5. The monoisotopic (exact) mass is 529 g/mol. The van der Waals surface area contributed by atoms with E-state index < -0.39 is 44.5 Å². The number of aliphatic hydroxyl groups excluding tert-OH is 1. The first-order valence-electron chi connectivity index (χ1n) is 11.4. The highest BCUT2D eigenvalue weighted by atomic mass is 35.5. The van der Waals surface area contributed by atoms with Gasteiger partial charge in [-0.25, -0.2) is 21.6 Å². The smallest absolute Gasteiger partial charge is 0.255 e. The van der Waals surface area contributed by atoms with Gasteiger partial charge in [0.15, 0.2) is 27.3 Å². The molecule has 2 aromatic rings. The quantitative estimate of drug-likeness (QED) is 0.477. The zero-order valence-corrected chi connectivity index (χ0v) is 21.1. The van der Waals surface area contributed by atoms with Crippen LogP contribution >= 0.6 is 11.6 Å². The molecular weight excluding hydrogens is 503 g/mol. The first-order valence-corrected chi connectivity index (χ1v) is 13.4. The van der Waals surface area contributed by atoms with Crippen LogP contribution in [0, 0.1) is 40.6 Å².